The van der Waals surface area contributed by atoms with Gasteiger partial charge in [0, 0.05) is 18.7 Å². The normalized spacial score (nSPS) is 23.9. The molecule has 0 aromatic heterocycles. The average molecular weight is 333 g/mol. The Balaban J connectivity index is 1.49. The van der Waals surface area contributed by atoms with Crippen LogP contribution in [0.1, 0.15) is 25.7 Å². The molecule has 7 nitrogen and oxygen atoms in total. The van der Waals surface area contributed by atoms with Gasteiger partial charge in [-0.25, -0.2) is 4.79 Å². The zero-order valence-electron chi connectivity index (χ0n) is 13.5. The van der Waals surface area contributed by atoms with Crippen LogP contribution in [0.4, 0.5) is 10.5 Å². The molecule has 3 amide bonds. The highest BCUT2D eigenvalue weighted by Crippen LogP contribution is 2.19. The Morgan fingerprint density at radius 2 is 2.04 bits per heavy atom. The van der Waals surface area contributed by atoms with Gasteiger partial charge in [-0.2, -0.15) is 0 Å². The van der Waals surface area contributed by atoms with E-state index in [0.717, 1.165) is 31.6 Å². The molecule has 2 fully saturated rings. The first-order valence-corrected chi connectivity index (χ1v) is 8.40. The van der Waals surface area contributed by atoms with E-state index in [1.165, 1.54) is 0 Å². The van der Waals surface area contributed by atoms with Gasteiger partial charge >= 0.3 is 6.03 Å². The van der Waals surface area contributed by atoms with Crippen molar-refractivity contribution in [3.8, 4) is 5.75 Å². The van der Waals surface area contributed by atoms with E-state index in [0.29, 0.717) is 25.3 Å². The van der Waals surface area contributed by atoms with Gasteiger partial charge in [0.25, 0.3) is 0 Å². The van der Waals surface area contributed by atoms with Gasteiger partial charge in [0.2, 0.25) is 5.91 Å². The Morgan fingerprint density at radius 1 is 1.21 bits per heavy atom. The van der Waals surface area contributed by atoms with E-state index in [1.54, 1.807) is 12.1 Å². The van der Waals surface area contributed by atoms with Crippen molar-refractivity contribution >= 4 is 17.6 Å². The molecule has 2 unspecified atom stereocenters. The maximum absolute atomic E-state index is 12.1. The molecule has 0 bridgehead atoms. The molecule has 2 aliphatic rings. The molecule has 3 N–H and O–H groups in total. The van der Waals surface area contributed by atoms with Gasteiger partial charge in [-0.3, -0.25) is 4.79 Å². The third-order valence-electron chi connectivity index (χ3n) is 4.14. The lowest BCUT2D eigenvalue weighted by molar-refractivity contribution is -0.122. The smallest absolute Gasteiger partial charge is 0.319 e. The van der Waals surface area contributed by atoms with Crippen LogP contribution in [-0.2, 0) is 9.53 Å². The molecule has 0 radical (unpaired) electrons. The summed E-state index contributed by atoms with van der Waals surface area (Å²) in [5.41, 5.74) is 0.650. The first-order valence-electron chi connectivity index (χ1n) is 8.40. The van der Waals surface area contributed by atoms with Crippen LogP contribution in [0, 0.1) is 0 Å². The Morgan fingerprint density at radius 3 is 2.79 bits per heavy atom. The number of anilines is 1. The maximum atomic E-state index is 12.1. The molecular weight excluding hydrogens is 310 g/mol. The van der Waals surface area contributed by atoms with Gasteiger partial charge in [0.1, 0.15) is 17.9 Å². The highest BCUT2D eigenvalue weighted by molar-refractivity contribution is 5.93. The summed E-state index contributed by atoms with van der Waals surface area (Å²) in [6, 6.07) is 6.32. The summed E-state index contributed by atoms with van der Waals surface area (Å²) in [4.78, 5) is 23.9. The molecule has 1 aromatic rings. The summed E-state index contributed by atoms with van der Waals surface area (Å²) in [7, 11) is 0. The molecule has 130 valence electrons. The number of carbonyl (C=O) groups is 2. The molecule has 2 aliphatic heterocycles. The molecule has 0 spiro atoms. The predicted octanol–water partition coefficient (Wildman–Crippen LogP) is 1.64. The van der Waals surface area contributed by atoms with Crippen LogP contribution in [0.15, 0.2) is 24.3 Å². The number of hydrogen-bond acceptors (Lipinski definition) is 4. The van der Waals surface area contributed by atoms with Crippen molar-refractivity contribution in [2.75, 3.05) is 25.1 Å². The highest BCUT2D eigenvalue weighted by atomic mass is 16.5. The van der Waals surface area contributed by atoms with E-state index in [9.17, 15) is 9.59 Å². The van der Waals surface area contributed by atoms with E-state index in [2.05, 4.69) is 16.0 Å². The van der Waals surface area contributed by atoms with Crippen LogP contribution in [0.3, 0.4) is 0 Å². The molecule has 24 heavy (non-hydrogen) atoms. The zero-order valence-corrected chi connectivity index (χ0v) is 13.5. The van der Waals surface area contributed by atoms with E-state index in [-0.39, 0.29) is 18.0 Å². The van der Waals surface area contributed by atoms with Gasteiger partial charge in [-0.15, -0.1) is 0 Å². The number of urea groups is 1. The van der Waals surface area contributed by atoms with Gasteiger partial charge in [0.15, 0.2) is 0 Å². The molecule has 1 aromatic carbocycles. The monoisotopic (exact) mass is 333 g/mol. The third kappa shape index (κ3) is 4.61. The topological polar surface area (TPSA) is 88.7 Å². The number of hydrogen-bond donors (Lipinski definition) is 3. The van der Waals surface area contributed by atoms with Crippen molar-refractivity contribution in [1.82, 2.24) is 10.6 Å². The van der Waals surface area contributed by atoms with Crippen molar-refractivity contribution in [3.05, 3.63) is 24.3 Å². The summed E-state index contributed by atoms with van der Waals surface area (Å²) < 4.78 is 11.1. The Bertz CT molecular complexity index is 570. The first kappa shape index (κ1) is 16.6. The summed E-state index contributed by atoms with van der Waals surface area (Å²) in [6.45, 7) is 2.03. The molecule has 0 saturated carbocycles. The van der Waals surface area contributed by atoms with E-state index in [1.807, 2.05) is 12.1 Å². The largest absolute Gasteiger partial charge is 0.488 e. The number of nitrogens with one attached hydrogen (secondary N) is 3. The summed E-state index contributed by atoms with van der Waals surface area (Å²) in [6.07, 6.45) is 3.52. The summed E-state index contributed by atoms with van der Waals surface area (Å²) >= 11 is 0. The van der Waals surface area contributed by atoms with E-state index in [4.69, 9.17) is 9.47 Å². The fraction of sp³-hybridized carbons (Fsp3) is 0.529. The molecule has 0 aliphatic carbocycles. The van der Waals surface area contributed by atoms with Gasteiger partial charge < -0.3 is 25.4 Å². The lowest BCUT2D eigenvalue weighted by Crippen LogP contribution is -2.46. The Hall–Kier alpha value is -2.28. The fourth-order valence-corrected chi connectivity index (χ4v) is 2.82. The SMILES string of the molecule is O=C(Nc1ccc(OC2CCOC2)cc1)NC1CCCCNC1=O. The van der Waals surface area contributed by atoms with Gasteiger partial charge in [-0.1, -0.05) is 0 Å². The van der Waals surface area contributed by atoms with E-state index < -0.39 is 6.04 Å². The van der Waals surface area contributed by atoms with E-state index >= 15 is 0 Å². The molecule has 3 rings (SSSR count). The molecule has 2 atom stereocenters. The molecule has 2 saturated heterocycles. The maximum Gasteiger partial charge on any atom is 0.319 e. The predicted molar refractivity (Wildman–Crippen MR) is 89.1 cm³/mol. The number of carbonyl (C=O) groups excluding carboxylic acids is 2. The van der Waals surface area contributed by atoms with Crippen molar-refractivity contribution in [2.24, 2.45) is 0 Å². The lowest BCUT2D eigenvalue weighted by atomic mass is 10.1. The minimum absolute atomic E-state index is 0.0980. The average Bonchev–Trinajstić information content (AvgIpc) is 3.00. The number of rotatable bonds is 4. The molecule has 7 heteroatoms. The van der Waals surface area contributed by atoms with Gasteiger partial charge in [-0.05, 0) is 43.5 Å². The van der Waals surface area contributed by atoms with Crippen molar-refractivity contribution in [3.63, 3.8) is 0 Å². The van der Waals surface area contributed by atoms with Crippen LogP contribution in [0.25, 0.3) is 0 Å². The highest BCUT2D eigenvalue weighted by Gasteiger charge is 2.22. The van der Waals surface area contributed by atoms with Crippen molar-refractivity contribution in [1.29, 1.82) is 0 Å². The fourth-order valence-electron chi connectivity index (χ4n) is 2.82. The molecular formula is C17H23N3O4. The number of benzene rings is 1. The van der Waals surface area contributed by atoms with Crippen LogP contribution < -0.4 is 20.7 Å². The second kappa shape index (κ2) is 8.01. The minimum Gasteiger partial charge on any atom is -0.488 e. The second-order valence-electron chi connectivity index (χ2n) is 6.07. The molecule has 2 heterocycles. The summed E-state index contributed by atoms with van der Waals surface area (Å²) in [5.74, 6) is 0.629. The standard InChI is InChI=1S/C17H23N3O4/c21-16-15(3-1-2-9-18-16)20-17(22)19-12-4-6-13(7-5-12)24-14-8-10-23-11-14/h4-7,14-15H,1-3,8-11H2,(H,18,21)(H2,19,20,22). The quantitative estimate of drug-likeness (QED) is 0.781. The third-order valence-corrected chi connectivity index (χ3v) is 4.14. The van der Waals surface area contributed by atoms with Crippen molar-refractivity contribution < 1.29 is 19.1 Å². The minimum atomic E-state index is -0.475. The van der Waals surface area contributed by atoms with Crippen LogP contribution >= 0.6 is 0 Å². The summed E-state index contributed by atoms with van der Waals surface area (Å²) in [5, 5.41) is 8.26. The Kier molecular flexibility index (Phi) is 5.53. The number of ether oxygens (including phenoxy) is 2. The van der Waals surface area contributed by atoms with Crippen molar-refractivity contribution in [2.45, 2.75) is 37.8 Å². The zero-order chi connectivity index (χ0) is 16.8. The van der Waals surface area contributed by atoms with Crippen LogP contribution in [-0.4, -0.2) is 43.8 Å². The Labute approximate surface area is 141 Å². The van der Waals surface area contributed by atoms with Gasteiger partial charge in [0.05, 0.1) is 13.2 Å². The number of amides is 3. The lowest BCUT2D eigenvalue weighted by Gasteiger charge is -2.16. The second-order valence-corrected chi connectivity index (χ2v) is 6.07. The van der Waals surface area contributed by atoms with Crippen LogP contribution in [0.2, 0.25) is 0 Å². The van der Waals surface area contributed by atoms with Crippen LogP contribution in [0.5, 0.6) is 5.75 Å². The first-order chi connectivity index (χ1) is 11.7.